The topological polar surface area (TPSA) is 80.3 Å². The molecule has 2 heterocycles. The van der Waals surface area contributed by atoms with E-state index in [2.05, 4.69) is 10.4 Å². The molecule has 3 aromatic rings. The highest BCUT2D eigenvalue weighted by Gasteiger charge is 2.20. The second-order valence-electron chi connectivity index (χ2n) is 5.63. The first-order valence-corrected chi connectivity index (χ1v) is 7.45. The van der Waals surface area contributed by atoms with Gasteiger partial charge in [0.2, 0.25) is 0 Å². The highest BCUT2D eigenvalue weighted by molar-refractivity contribution is 5.82. The number of carbonyl (C=O) groups is 1. The fourth-order valence-electron chi connectivity index (χ4n) is 2.73. The average Bonchev–Trinajstić information content (AvgIpc) is 3.06. The summed E-state index contributed by atoms with van der Waals surface area (Å²) in [6, 6.07) is 7.10. The quantitative estimate of drug-likeness (QED) is 0.729. The lowest BCUT2D eigenvalue weighted by Crippen LogP contribution is -2.38. The van der Waals surface area contributed by atoms with Gasteiger partial charge in [-0.25, -0.2) is 0 Å². The number of aromatic nitrogens is 2. The Morgan fingerprint density at radius 1 is 1.43 bits per heavy atom. The van der Waals surface area contributed by atoms with Gasteiger partial charge in [0.15, 0.2) is 0 Å². The van der Waals surface area contributed by atoms with Gasteiger partial charge in [-0.2, -0.15) is 5.10 Å². The van der Waals surface area contributed by atoms with Crippen LogP contribution in [0.15, 0.2) is 41.1 Å². The first kappa shape index (κ1) is 15.3. The van der Waals surface area contributed by atoms with Gasteiger partial charge < -0.3 is 9.52 Å². The zero-order valence-corrected chi connectivity index (χ0v) is 13.1. The molecule has 1 aromatic carbocycles. The van der Waals surface area contributed by atoms with Gasteiger partial charge in [0, 0.05) is 37.2 Å². The number of nitrogens with zero attached hydrogens (tertiary/aromatic N) is 2. The van der Waals surface area contributed by atoms with Crippen LogP contribution in [0.5, 0.6) is 0 Å². The Morgan fingerprint density at radius 2 is 2.22 bits per heavy atom. The molecule has 120 valence electrons. The molecule has 6 nitrogen and oxygen atoms in total. The minimum Gasteiger partial charge on any atom is -0.480 e. The van der Waals surface area contributed by atoms with Crippen LogP contribution in [0.2, 0.25) is 0 Å². The van der Waals surface area contributed by atoms with Gasteiger partial charge in [0.05, 0.1) is 6.20 Å². The molecule has 0 aliphatic rings. The van der Waals surface area contributed by atoms with E-state index in [9.17, 15) is 9.90 Å². The molecule has 0 aliphatic heterocycles. The third-order valence-electron chi connectivity index (χ3n) is 3.92. The van der Waals surface area contributed by atoms with Crippen molar-refractivity contribution in [3.8, 4) is 0 Å². The summed E-state index contributed by atoms with van der Waals surface area (Å²) in [7, 11) is 1.81. The number of carboxylic acid groups (broad SMARTS) is 1. The number of fused-ring (bicyclic) bond motifs is 1. The van der Waals surface area contributed by atoms with E-state index < -0.39 is 12.0 Å². The standard InChI is InChI=1S/C17H19N3O3/c1-11-14(13-5-3-4-6-16(13)23-11)9-18-15(17(21)22)7-12-8-19-20(2)10-12/h3-6,8,10,15,18H,7,9H2,1-2H3,(H,21,22). The van der Waals surface area contributed by atoms with Gasteiger partial charge in [-0.15, -0.1) is 0 Å². The van der Waals surface area contributed by atoms with Crippen LogP contribution in [0.1, 0.15) is 16.9 Å². The molecule has 2 aromatic heterocycles. The van der Waals surface area contributed by atoms with Crippen molar-refractivity contribution in [3.05, 3.63) is 53.5 Å². The van der Waals surface area contributed by atoms with Crippen LogP contribution in [-0.4, -0.2) is 26.9 Å². The van der Waals surface area contributed by atoms with Gasteiger partial charge in [-0.1, -0.05) is 18.2 Å². The molecule has 1 unspecified atom stereocenters. The normalized spacial score (nSPS) is 12.6. The van der Waals surface area contributed by atoms with Crippen molar-refractivity contribution in [2.75, 3.05) is 0 Å². The van der Waals surface area contributed by atoms with Crippen molar-refractivity contribution >= 4 is 16.9 Å². The summed E-state index contributed by atoms with van der Waals surface area (Å²) in [5.74, 6) is -0.0662. The van der Waals surface area contributed by atoms with E-state index in [0.717, 1.165) is 27.9 Å². The molecular weight excluding hydrogens is 294 g/mol. The first-order chi connectivity index (χ1) is 11.0. The molecule has 0 spiro atoms. The highest BCUT2D eigenvalue weighted by Crippen LogP contribution is 2.25. The van der Waals surface area contributed by atoms with E-state index in [1.807, 2.05) is 44.4 Å². The first-order valence-electron chi connectivity index (χ1n) is 7.45. The van der Waals surface area contributed by atoms with Gasteiger partial charge >= 0.3 is 5.97 Å². The molecule has 0 saturated heterocycles. The van der Waals surface area contributed by atoms with E-state index in [1.54, 1.807) is 10.9 Å². The Balaban J connectivity index is 1.75. The number of aliphatic carboxylic acids is 1. The number of benzene rings is 1. The van der Waals surface area contributed by atoms with Gasteiger partial charge in [0.25, 0.3) is 0 Å². The lowest BCUT2D eigenvalue weighted by Gasteiger charge is -2.13. The Labute approximate surface area is 133 Å². The predicted octanol–water partition coefficient (Wildman–Crippen LogP) is 2.26. The van der Waals surface area contributed by atoms with E-state index in [0.29, 0.717) is 13.0 Å². The smallest absolute Gasteiger partial charge is 0.321 e. The average molecular weight is 313 g/mol. The number of carboxylic acids is 1. The minimum atomic E-state index is -0.876. The molecule has 0 fully saturated rings. The summed E-state index contributed by atoms with van der Waals surface area (Å²) in [6.45, 7) is 2.34. The summed E-state index contributed by atoms with van der Waals surface area (Å²) in [6.07, 6.45) is 3.91. The summed E-state index contributed by atoms with van der Waals surface area (Å²) in [4.78, 5) is 11.5. The van der Waals surface area contributed by atoms with Crippen molar-refractivity contribution in [2.24, 2.45) is 7.05 Å². The van der Waals surface area contributed by atoms with Crippen LogP contribution in [0.3, 0.4) is 0 Å². The Bertz CT molecular complexity index is 835. The van der Waals surface area contributed by atoms with E-state index in [-0.39, 0.29) is 0 Å². The molecule has 6 heteroatoms. The fraction of sp³-hybridized carbons (Fsp3) is 0.294. The van der Waals surface area contributed by atoms with Gasteiger partial charge in [0.1, 0.15) is 17.4 Å². The number of nitrogens with one attached hydrogen (secondary N) is 1. The van der Waals surface area contributed by atoms with Crippen LogP contribution in [0.25, 0.3) is 11.0 Å². The van der Waals surface area contributed by atoms with Crippen LogP contribution in [-0.2, 0) is 24.8 Å². The van der Waals surface area contributed by atoms with Crippen molar-refractivity contribution in [3.63, 3.8) is 0 Å². The number of rotatable bonds is 6. The minimum absolute atomic E-state index is 0.387. The van der Waals surface area contributed by atoms with E-state index in [1.165, 1.54) is 0 Å². The second kappa shape index (κ2) is 6.26. The van der Waals surface area contributed by atoms with Crippen LogP contribution >= 0.6 is 0 Å². The lowest BCUT2D eigenvalue weighted by atomic mass is 10.1. The number of hydrogen-bond acceptors (Lipinski definition) is 4. The molecule has 23 heavy (non-hydrogen) atoms. The number of furan rings is 1. The highest BCUT2D eigenvalue weighted by atomic mass is 16.4. The SMILES string of the molecule is Cc1oc2ccccc2c1CNC(Cc1cnn(C)c1)C(=O)O. The summed E-state index contributed by atoms with van der Waals surface area (Å²) < 4.78 is 7.38. The molecule has 0 radical (unpaired) electrons. The zero-order chi connectivity index (χ0) is 16.4. The van der Waals surface area contributed by atoms with Gasteiger partial charge in [-0.3, -0.25) is 14.8 Å². The monoisotopic (exact) mass is 313 g/mol. The van der Waals surface area contributed by atoms with Crippen LogP contribution in [0, 0.1) is 6.92 Å². The summed E-state index contributed by atoms with van der Waals surface area (Å²) in [5.41, 5.74) is 2.71. The molecule has 1 atom stereocenters. The summed E-state index contributed by atoms with van der Waals surface area (Å²) >= 11 is 0. The Hall–Kier alpha value is -2.60. The molecule has 0 aliphatic carbocycles. The Morgan fingerprint density at radius 3 is 2.91 bits per heavy atom. The maximum atomic E-state index is 11.5. The van der Waals surface area contributed by atoms with Crippen molar-refractivity contribution in [2.45, 2.75) is 25.9 Å². The largest absolute Gasteiger partial charge is 0.480 e. The molecule has 0 amide bonds. The Kier molecular flexibility index (Phi) is 4.16. The van der Waals surface area contributed by atoms with Crippen molar-refractivity contribution in [1.82, 2.24) is 15.1 Å². The van der Waals surface area contributed by atoms with E-state index in [4.69, 9.17) is 4.42 Å². The third-order valence-corrected chi connectivity index (χ3v) is 3.92. The molecule has 0 bridgehead atoms. The molecule has 0 saturated carbocycles. The van der Waals surface area contributed by atoms with E-state index >= 15 is 0 Å². The maximum Gasteiger partial charge on any atom is 0.321 e. The lowest BCUT2D eigenvalue weighted by molar-refractivity contribution is -0.139. The molecule has 3 rings (SSSR count). The molecule has 2 N–H and O–H groups in total. The zero-order valence-electron chi connectivity index (χ0n) is 13.1. The van der Waals surface area contributed by atoms with Gasteiger partial charge in [-0.05, 0) is 18.6 Å². The van der Waals surface area contributed by atoms with Crippen molar-refractivity contribution < 1.29 is 14.3 Å². The summed E-state index contributed by atoms with van der Waals surface area (Å²) in [5, 5.41) is 17.6. The number of para-hydroxylation sites is 1. The number of hydrogen-bond donors (Lipinski definition) is 2. The predicted molar refractivity (Wildman–Crippen MR) is 86.1 cm³/mol. The molecular formula is C17H19N3O3. The van der Waals surface area contributed by atoms with Crippen molar-refractivity contribution in [1.29, 1.82) is 0 Å². The van der Waals surface area contributed by atoms with Crippen LogP contribution in [0.4, 0.5) is 0 Å². The number of aryl methyl sites for hydroxylation is 2. The fourth-order valence-corrected chi connectivity index (χ4v) is 2.73. The maximum absolute atomic E-state index is 11.5. The van der Waals surface area contributed by atoms with Crippen LogP contribution < -0.4 is 5.32 Å². The third kappa shape index (κ3) is 3.27. The second-order valence-corrected chi connectivity index (χ2v) is 5.63.